The predicted molar refractivity (Wildman–Crippen MR) is 571 cm³/mol. The van der Waals surface area contributed by atoms with Crippen molar-refractivity contribution in [3.63, 3.8) is 0 Å². The van der Waals surface area contributed by atoms with Crippen molar-refractivity contribution in [3.05, 3.63) is 231 Å². The standard InChI is InChI=1S/C17H23NO4.C16H21NO5.C15H19NO5.C15H19NO4.C14H17NO5.C14H17NO4S.C12H13NO4.7CH4/c1-2-14(19)9-10-15(20)8-7-12-3-5-13(6-4-12)11-16(18)17(21)22;1-2-22-15(19)10-13(18)8-7-11-3-5-12(6-4-11)9-14(17)16(20)21;1-10(17)2-5-12(18)9-21-13-6-3-11(4-7-13)8-14(16)15(19)20;1-10(17)8-13(18)7-6-11-2-4-12(5-3-11)9-14(16)15(19)20;2*1-9(16)6-11(17)8-20-12-4-2-10(3-5-12)7-13(15)14(18)19;1-7(14)11(15)9-4-2-8(3-5-9)6-10(13)12(16)17;;;;;;;/h3-6,16H,2,7-11,18H2,1H3,(H,21,22);3-6,14H,2,7-10,17H2,1H3,(H,20,21);3-4,6-7,14H,2,5,8-9,16H2,1H3,(H,19,20);2-5,14H,6-9,16H2,1H3,(H,19,20);2*2-5,13H,6-8,15H2,1H3,(H,18,19);2-5,10H,6,13H2,1H3,(H,16,17);7*1H4. The normalized spacial score (nSPS) is 11.3. The maximum absolute atomic E-state index is 11.7. The molecule has 824 valence electrons. The lowest BCUT2D eigenvalue weighted by atomic mass is 10.0. The molecule has 0 saturated heterocycles. The fourth-order valence-corrected chi connectivity index (χ4v) is 12.6. The van der Waals surface area contributed by atoms with E-state index in [0.717, 1.165) is 55.0 Å². The molecule has 7 aromatic rings. The minimum absolute atomic E-state index is 0. The SMILES string of the molecule is C.C.C.C.C.C.C.CC(=O)C(=O)c1ccc(CC(N)C(=O)O)cc1.CC(=O)CC(=O)CCc1ccc(CC(N)C(=O)O)cc1.CC(=O)CC(=O)COc1ccc(CC(N)C(=O)O)cc1.CC(=O)CC(=O)CSc1ccc(CC(N)C(=O)O)cc1.CC(=O)CCC(=O)COc1ccc(CC(N)C(=O)O)cc1.CCC(=O)CCC(=O)CCc1ccc(CC(N)C(=O)O)cc1.CCOC(=O)CC(=O)CCc1ccc(CC(N)C(=O)O)cc1. The van der Waals surface area contributed by atoms with E-state index in [1.165, 1.54) is 58.5 Å². The van der Waals surface area contributed by atoms with Gasteiger partial charge in [0.15, 0.2) is 17.3 Å². The molecular weight excluding hydrogens is 1950 g/mol. The van der Waals surface area contributed by atoms with Gasteiger partial charge in [-0.2, -0.15) is 0 Å². The fraction of sp³-hybridized carbons (Fsp3) is 0.427. The third-order valence-electron chi connectivity index (χ3n) is 19.9. The van der Waals surface area contributed by atoms with Crippen molar-refractivity contribution in [2.24, 2.45) is 40.1 Å². The van der Waals surface area contributed by atoms with E-state index in [-0.39, 0.29) is 231 Å². The highest BCUT2D eigenvalue weighted by Gasteiger charge is 2.22. The molecule has 7 rings (SSSR count). The van der Waals surface area contributed by atoms with Crippen LogP contribution in [0.25, 0.3) is 0 Å². The van der Waals surface area contributed by atoms with E-state index in [9.17, 15) is 101 Å². The Kier molecular flexibility index (Phi) is 81.0. The van der Waals surface area contributed by atoms with Gasteiger partial charge in [-0.3, -0.25) is 95.9 Å². The van der Waals surface area contributed by atoms with Crippen LogP contribution in [0.3, 0.4) is 0 Å². The van der Waals surface area contributed by atoms with Crippen molar-refractivity contribution >= 4 is 135 Å². The maximum atomic E-state index is 11.7. The first-order valence-electron chi connectivity index (χ1n) is 45.0. The van der Waals surface area contributed by atoms with Crippen molar-refractivity contribution in [2.45, 2.75) is 289 Å². The molecule has 0 aliphatic heterocycles. The molecule has 0 radical (unpaired) electrons. The molecule has 7 atom stereocenters. The number of hydrogen-bond acceptors (Lipinski definition) is 32. The van der Waals surface area contributed by atoms with Crippen LogP contribution in [-0.2, 0) is 165 Å². The lowest BCUT2D eigenvalue weighted by Gasteiger charge is -2.08. The Hall–Kier alpha value is -14.3. The Morgan fingerprint density at radius 2 is 0.510 bits per heavy atom. The lowest BCUT2D eigenvalue weighted by molar-refractivity contribution is -0.146. The predicted octanol–water partition coefficient (Wildman–Crippen LogP) is 11.8. The molecule has 38 nitrogen and oxygen atoms in total. The number of esters is 1. The Morgan fingerprint density at radius 3 is 0.785 bits per heavy atom. The number of benzene rings is 7. The second-order valence-electron chi connectivity index (χ2n) is 32.8. The third-order valence-corrected chi connectivity index (χ3v) is 21.0. The fourth-order valence-electron chi connectivity index (χ4n) is 11.9. The summed E-state index contributed by atoms with van der Waals surface area (Å²) < 4.78 is 15.2. The highest BCUT2D eigenvalue weighted by molar-refractivity contribution is 8.00. The highest BCUT2D eigenvalue weighted by Crippen LogP contribution is 2.22. The Morgan fingerprint density at radius 1 is 0.268 bits per heavy atom. The lowest BCUT2D eigenvalue weighted by Crippen LogP contribution is -2.32. The second kappa shape index (κ2) is 81.7. The largest absolute Gasteiger partial charge is 0.486 e. The Bertz CT molecular complexity index is 5120. The van der Waals surface area contributed by atoms with E-state index in [1.807, 2.05) is 72.8 Å². The molecule has 0 fully saturated rings. The Balaban J connectivity index is -0.000000314. The van der Waals surface area contributed by atoms with Gasteiger partial charge in [-0.1, -0.05) is 192 Å². The van der Waals surface area contributed by atoms with Crippen LogP contribution in [-0.4, -0.2) is 227 Å². The van der Waals surface area contributed by atoms with Crippen molar-refractivity contribution in [1.29, 1.82) is 0 Å². The zero-order valence-electron chi connectivity index (χ0n) is 80.5. The first kappa shape index (κ1) is 148. The molecule has 0 spiro atoms. The van der Waals surface area contributed by atoms with Crippen LogP contribution >= 0.6 is 11.8 Å². The summed E-state index contributed by atoms with van der Waals surface area (Å²) in [4.78, 5) is 232. The first-order chi connectivity index (χ1) is 66.8. The molecule has 0 heterocycles. The topological polar surface area (TPSA) is 710 Å². The molecule has 39 heteroatoms. The van der Waals surface area contributed by atoms with Gasteiger partial charge < -0.3 is 94.9 Å². The van der Waals surface area contributed by atoms with Crippen molar-refractivity contribution < 1.29 is 151 Å². The number of aryl methyl sites for hydroxylation is 3. The summed E-state index contributed by atoms with van der Waals surface area (Å²) >= 11 is 1.36. The highest BCUT2D eigenvalue weighted by atomic mass is 32.2. The van der Waals surface area contributed by atoms with Crippen LogP contribution in [0.1, 0.15) is 243 Å². The molecule has 21 N–H and O–H groups in total. The summed E-state index contributed by atoms with van der Waals surface area (Å²) in [7, 11) is 0. The van der Waals surface area contributed by atoms with Gasteiger partial charge in [0.25, 0.3) is 0 Å². The summed E-state index contributed by atoms with van der Waals surface area (Å²) in [6.07, 6.45) is 5.68. The van der Waals surface area contributed by atoms with E-state index in [4.69, 9.17) is 90.1 Å². The summed E-state index contributed by atoms with van der Waals surface area (Å²) in [6, 6.07) is 42.3. The van der Waals surface area contributed by atoms with Gasteiger partial charge >= 0.3 is 47.8 Å². The molecule has 149 heavy (non-hydrogen) atoms. The second-order valence-corrected chi connectivity index (χ2v) is 33.9. The summed E-state index contributed by atoms with van der Waals surface area (Å²) in [5.41, 5.74) is 47.0. The molecule has 7 aromatic carbocycles. The minimum Gasteiger partial charge on any atom is -0.486 e. The first-order valence-corrected chi connectivity index (χ1v) is 45.9. The molecule has 0 amide bonds. The number of ether oxygens (including phenoxy) is 3. The van der Waals surface area contributed by atoms with Crippen LogP contribution in [0.2, 0.25) is 0 Å². The van der Waals surface area contributed by atoms with Gasteiger partial charge in [0.2, 0.25) is 5.78 Å². The van der Waals surface area contributed by atoms with E-state index in [1.54, 1.807) is 98.8 Å². The van der Waals surface area contributed by atoms with Crippen LogP contribution in [0, 0.1) is 0 Å². The average molecular weight is 2110 g/mol. The van der Waals surface area contributed by atoms with Gasteiger partial charge in [-0.25, -0.2) is 0 Å². The zero-order chi connectivity index (χ0) is 107. The van der Waals surface area contributed by atoms with E-state index in [2.05, 4.69) is 0 Å². The number of hydrogen-bond donors (Lipinski definition) is 14. The number of carbonyl (C=O) groups is 21. The minimum atomic E-state index is -1.08. The number of aliphatic carboxylic acids is 7. The molecule has 0 aromatic heterocycles. The van der Waals surface area contributed by atoms with E-state index < -0.39 is 102 Å². The van der Waals surface area contributed by atoms with Crippen LogP contribution < -0.4 is 49.6 Å². The smallest absolute Gasteiger partial charge is 0.320 e. The third kappa shape index (κ3) is 71.0. The molecule has 7 unspecified atom stereocenters. The number of nitrogens with two attached hydrogens (primary N) is 7. The van der Waals surface area contributed by atoms with Crippen molar-refractivity contribution in [1.82, 2.24) is 0 Å². The number of Topliss-reactive ketones (excluding diaryl/α,β-unsaturated/α-hetero) is 13. The van der Waals surface area contributed by atoms with Crippen LogP contribution in [0.4, 0.5) is 0 Å². The number of carboxylic acid groups (broad SMARTS) is 7. The van der Waals surface area contributed by atoms with Crippen LogP contribution in [0.5, 0.6) is 11.5 Å². The van der Waals surface area contributed by atoms with E-state index in [0.29, 0.717) is 74.0 Å². The van der Waals surface area contributed by atoms with Gasteiger partial charge in [-0.15, -0.1) is 11.8 Å². The van der Waals surface area contributed by atoms with E-state index >= 15 is 0 Å². The van der Waals surface area contributed by atoms with Gasteiger partial charge in [0.05, 0.1) is 31.6 Å². The summed E-state index contributed by atoms with van der Waals surface area (Å²) in [6.45, 7) is 10.3. The Labute approximate surface area is 877 Å². The molecule has 0 bridgehead atoms. The zero-order valence-corrected chi connectivity index (χ0v) is 81.3. The number of ketones is 13. The number of thioether (sulfide) groups is 1. The van der Waals surface area contributed by atoms with Crippen molar-refractivity contribution in [3.8, 4) is 11.5 Å². The number of carbonyl (C=O) groups excluding carboxylic acids is 14. The summed E-state index contributed by atoms with van der Waals surface area (Å²) in [5.74, 6) is -8.61. The molecular formula is C110H157N7O31S. The average Bonchev–Trinajstić information content (AvgIpc) is 0.872. The quantitative estimate of drug-likeness (QED) is 0.00553. The van der Waals surface area contributed by atoms with Gasteiger partial charge in [0, 0.05) is 68.7 Å². The molecule has 0 saturated carbocycles. The van der Waals surface area contributed by atoms with Gasteiger partial charge in [-0.05, 0) is 191 Å². The monoisotopic (exact) mass is 2100 g/mol. The number of rotatable bonds is 57. The van der Waals surface area contributed by atoms with Crippen LogP contribution in [0.15, 0.2) is 175 Å². The van der Waals surface area contributed by atoms with Gasteiger partial charge in [0.1, 0.15) is 125 Å². The molecule has 0 aliphatic carbocycles. The summed E-state index contributed by atoms with van der Waals surface area (Å²) in [5, 5.41) is 61.0. The molecule has 0 aliphatic rings. The van der Waals surface area contributed by atoms with Crippen molar-refractivity contribution in [2.75, 3.05) is 25.6 Å². The number of carboxylic acids is 7. The maximum Gasteiger partial charge on any atom is 0.320 e.